The van der Waals surface area contributed by atoms with Gasteiger partial charge in [0.25, 0.3) is 0 Å². The number of rotatable bonds is 5. The van der Waals surface area contributed by atoms with E-state index in [1.807, 2.05) is 16.9 Å². The van der Waals surface area contributed by atoms with Gasteiger partial charge in [0.15, 0.2) is 0 Å². The minimum Gasteiger partial charge on any atom is -0.390 e. The predicted octanol–water partition coefficient (Wildman–Crippen LogP) is 2.65. The average Bonchev–Trinajstić information content (AvgIpc) is 3.06. The predicted molar refractivity (Wildman–Crippen MR) is 89.9 cm³/mol. The van der Waals surface area contributed by atoms with Crippen molar-refractivity contribution >= 4 is 0 Å². The van der Waals surface area contributed by atoms with Crippen molar-refractivity contribution in [2.24, 2.45) is 5.92 Å². The van der Waals surface area contributed by atoms with Crippen molar-refractivity contribution in [3.8, 4) is 0 Å². The number of aromatic nitrogens is 2. The molecule has 4 heteroatoms. The molecular formula is C19H25N3O. The van der Waals surface area contributed by atoms with Crippen LogP contribution in [-0.2, 0) is 12.1 Å². The molecule has 0 bridgehead atoms. The van der Waals surface area contributed by atoms with Crippen molar-refractivity contribution in [3.05, 3.63) is 54.4 Å². The molecule has 2 aliphatic rings. The Balaban J connectivity index is 1.52. The van der Waals surface area contributed by atoms with Gasteiger partial charge in [-0.05, 0) is 30.4 Å². The molecule has 4 nitrogen and oxygen atoms in total. The Hall–Kier alpha value is -1.65. The van der Waals surface area contributed by atoms with Gasteiger partial charge in [0.1, 0.15) is 0 Å². The molecule has 2 aromatic rings. The third-order valence-electron chi connectivity index (χ3n) is 5.70. The van der Waals surface area contributed by atoms with Crippen LogP contribution in [0.5, 0.6) is 0 Å². The largest absolute Gasteiger partial charge is 0.390 e. The van der Waals surface area contributed by atoms with E-state index in [0.717, 1.165) is 19.0 Å². The van der Waals surface area contributed by atoms with Crippen LogP contribution in [0.3, 0.4) is 0 Å². The standard InChI is InChI=1S/C19H25N3O/c23-18(15-22-12-6-11-20-22)14-21-13-17-9-4-5-10-19(17,21)16-7-2-1-3-8-16/h1-3,6-8,11-12,17-18,23H,4-5,9-10,13-15H2/t17-,18+,19-/m0/s1. The number of benzene rings is 1. The third-order valence-corrected chi connectivity index (χ3v) is 5.70. The molecule has 0 unspecified atom stereocenters. The smallest absolute Gasteiger partial charge is 0.0863 e. The van der Waals surface area contributed by atoms with Gasteiger partial charge in [-0.25, -0.2) is 0 Å². The van der Waals surface area contributed by atoms with E-state index < -0.39 is 0 Å². The third kappa shape index (κ3) is 2.60. The average molecular weight is 311 g/mol. The Morgan fingerprint density at radius 1 is 1.17 bits per heavy atom. The van der Waals surface area contributed by atoms with Crippen molar-refractivity contribution in [3.63, 3.8) is 0 Å². The second kappa shape index (κ2) is 6.10. The zero-order valence-corrected chi connectivity index (χ0v) is 13.5. The summed E-state index contributed by atoms with van der Waals surface area (Å²) in [5, 5.41) is 14.7. The van der Waals surface area contributed by atoms with Crippen LogP contribution in [0.4, 0.5) is 0 Å². The summed E-state index contributed by atoms with van der Waals surface area (Å²) in [5.74, 6) is 0.746. The fraction of sp³-hybridized carbons (Fsp3) is 0.526. The number of nitrogens with zero attached hydrogens (tertiary/aromatic N) is 3. The minimum absolute atomic E-state index is 0.157. The summed E-state index contributed by atoms with van der Waals surface area (Å²) in [5.41, 5.74) is 1.59. The number of hydrogen-bond donors (Lipinski definition) is 1. The van der Waals surface area contributed by atoms with Gasteiger partial charge in [-0.15, -0.1) is 0 Å². The zero-order valence-electron chi connectivity index (χ0n) is 13.5. The Kier molecular flexibility index (Phi) is 3.95. The normalized spacial score (nSPS) is 28.8. The summed E-state index contributed by atoms with van der Waals surface area (Å²) in [4.78, 5) is 2.51. The number of likely N-dealkylation sites (tertiary alicyclic amines) is 1. The van der Waals surface area contributed by atoms with Gasteiger partial charge in [0.05, 0.1) is 18.2 Å². The maximum atomic E-state index is 10.5. The second-order valence-electron chi connectivity index (χ2n) is 7.02. The van der Waals surface area contributed by atoms with Crippen LogP contribution in [0.1, 0.15) is 31.2 Å². The molecule has 1 aliphatic heterocycles. The number of aliphatic hydroxyl groups is 1. The van der Waals surface area contributed by atoms with Crippen molar-refractivity contribution in [1.82, 2.24) is 14.7 Å². The molecule has 2 heterocycles. The van der Waals surface area contributed by atoms with E-state index in [0.29, 0.717) is 6.54 Å². The molecule has 4 rings (SSSR count). The molecule has 122 valence electrons. The molecule has 0 amide bonds. The summed E-state index contributed by atoms with van der Waals surface area (Å²) in [6.07, 6.45) is 8.48. The van der Waals surface area contributed by atoms with Crippen LogP contribution in [-0.4, -0.2) is 39.0 Å². The van der Waals surface area contributed by atoms with Gasteiger partial charge in [-0.3, -0.25) is 9.58 Å². The van der Waals surface area contributed by atoms with E-state index >= 15 is 0 Å². The topological polar surface area (TPSA) is 41.3 Å². The van der Waals surface area contributed by atoms with Crippen LogP contribution >= 0.6 is 0 Å². The Labute approximate surface area is 137 Å². The minimum atomic E-state index is -0.377. The lowest BCUT2D eigenvalue weighted by molar-refractivity contribution is -0.131. The molecule has 1 saturated carbocycles. The van der Waals surface area contributed by atoms with Gasteiger partial charge < -0.3 is 5.11 Å². The first-order valence-electron chi connectivity index (χ1n) is 8.75. The van der Waals surface area contributed by atoms with Crippen molar-refractivity contribution in [2.75, 3.05) is 13.1 Å². The highest BCUT2D eigenvalue weighted by Gasteiger charge is 2.54. The molecule has 2 fully saturated rings. The Bertz CT molecular complexity index is 627. The van der Waals surface area contributed by atoms with E-state index in [1.165, 1.54) is 31.2 Å². The molecule has 23 heavy (non-hydrogen) atoms. The lowest BCUT2D eigenvalue weighted by atomic mass is 9.61. The zero-order chi connectivity index (χ0) is 15.7. The monoisotopic (exact) mass is 311 g/mol. The molecule has 1 N–H and O–H groups in total. The van der Waals surface area contributed by atoms with Gasteiger partial charge in [-0.2, -0.15) is 5.10 Å². The summed E-state index contributed by atoms with van der Waals surface area (Å²) < 4.78 is 1.82. The van der Waals surface area contributed by atoms with E-state index in [9.17, 15) is 5.11 Å². The van der Waals surface area contributed by atoms with Gasteiger partial charge in [0, 0.05) is 25.5 Å². The summed E-state index contributed by atoms with van der Waals surface area (Å²) in [6.45, 7) is 2.41. The van der Waals surface area contributed by atoms with Crippen LogP contribution in [0, 0.1) is 5.92 Å². The first-order valence-corrected chi connectivity index (χ1v) is 8.75. The molecule has 0 radical (unpaired) electrons. The summed E-state index contributed by atoms with van der Waals surface area (Å²) in [6, 6.07) is 12.8. The number of hydrogen-bond acceptors (Lipinski definition) is 3. The maximum Gasteiger partial charge on any atom is 0.0863 e. The van der Waals surface area contributed by atoms with E-state index in [1.54, 1.807) is 6.20 Å². The van der Waals surface area contributed by atoms with E-state index in [2.05, 4.69) is 40.3 Å². The SMILES string of the molecule is O[C@H](CN1C[C@@H]2CCCC[C@]21c1ccccc1)Cn1cccn1. The molecule has 1 aliphatic carbocycles. The molecule has 1 aromatic heterocycles. The molecule has 0 spiro atoms. The highest BCUT2D eigenvalue weighted by Crippen LogP contribution is 2.53. The summed E-state index contributed by atoms with van der Waals surface area (Å²) >= 11 is 0. The number of aliphatic hydroxyl groups excluding tert-OH is 1. The van der Waals surface area contributed by atoms with E-state index in [-0.39, 0.29) is 11.6 Å². The van der Waals surface area contributed by atoms with Crippen molar-refractivity contribution in [1.29, 1.82) is 0 Å². The fourth-order valence-corrected chi connectivity index (χ4v) is 4.67. The first-order chi connectivity index (χ1) is 11.3. The van der Waals surface area contributed by atoms with Gasteiger partial charge in [-0.1, -0.05) is 43.2 Å². The van der Waals surface area contributed by atoms with Crippen LogP contribution in [0.25, 0.3) is 0 Å². The molecular weight excluding hydrogens is 286 g/mol. The highest BCUT2D eigenvalue weighted by atomic mass is 16.3. The summed E-state index contributed by atoms with van der Waals surface area (Å²) in [7, 11) is 0. The first kappa shape index (κ1) is 14.9. The quantitative estimate of drug-likeness (QED) is 0.923. The molecule has 3 atom stereocenters. The Morgan fingerprint density at radius 2 is 2.04 bits per heavy atom. The van der Waals surface area contributed by atoms with Crippen LogP contribution in [0.15, 0.2) is 48.8 Å². The molecule has 1 saturated heterocycles. The molecule has 1 aromatic carbocycles. The van der Waals surface area contributed by atoms with Gasteiger partial charge in [0.2, 0.25) is 0 Å². The van der Waals surface area contributed by atoms with Crippen LogP contribution < -0.4 is 0 Å². The van der Waals surface area contributed by atoms with Crippen molar-refractivity contribution in [2.45, 2.75) is 43.9 Å². The fourth-order valence-electron chi connectivity index (χ4n) is 4.67. The van der Waals surface area contributed by atoms with Gasteiger partial charge >= 0.3 is 0 Å². The number of β-amino-alcohol motifs (C(OH)–C–C–N with tert-alkyl or cyclic N) is 1. The number of fused-ring (bicyclic) bond motifs is 1. The maximum absolute atomic E-state index is 10.5. The lowest BCUT2D eigenvalue weighted by Crippen LogP contribution is -2.67. The lowest BCUT2D eigenvalue weighted by Gasteiger charge is -2.62. The van der Waals surface area contributed by atoms with E-state index in [4.69, 9.17) is 0 Å². The second-order valence-corrected chi connectivity index (χ2v) is 7.02. The Morgan fingerprint density at radius 3 is 2.78 bits per heavy atom. The van der Waals surface area contributed by atoms with Crippen molar-refractivity contribution < 1.29 is 5.11 Å². The van der Waals surface area contributed by atoms with Crippen LogP contribution in [0.2, 0.25) is 0 Å². The highest BCUT2D eigenvalue weighted by molar-refractivity contribution is 5.30.